The van der Waals surface area contributed by atoms with Crippen molar-refractivity contribution in [3.8, 4) is 5.88 Å². The third-order valence-corrected chi connectivity index (χ3v) is 4.01. The van der Waals surface area contributed by atoms with Crippen molar-refractivity contribution in [1.29, 1.82) is 0 Å². The number of likely N-dealkylation sites (N-methyl/N-ethyl adjacent to an activating group) is 1. The molecule has 1 aliphatic heterocycles. The lowest BCUT2D eigenvalue weighted by atomic mass is 10.0. The average Bonchev–Trinajstić information content (AvgIpc) is 2.86. The number of allylic oxidation sites excluding steroid dienone is 1. The molecule has 1 aromatic heterocycles. The third-order valence-electron chi connectivity index (χ3n) is 3.48. The predicted molar refractivity (Wildman–Crippen MR) is 78.6 cm³/mol. The van der Waals surface area contributed by atoms with Crippen LogP contribution < -0.4 is 4.74 Å². The van der Waals surface area contributed by atoms with Crippen LogP contribution in [0, 0.1) is 0 Å². The molecule has 0 saturated heterocycles. The summed E-state index contributed by atoms with van der Waals surface area (Å²) in [5.41, 5.74) is 0.939. The first-order chi connectivity index (χ1) is 9.24. The number of rotatable bonds is 6. The first-order valence-corrected chi connectivity index (χ1v) is 7.41. The summed E-state index contributed by atoms with van der Waals surface area (Å²) in [4.78, 5) is 2.31. The number of unbranched alkanes of at least 4 members (excludes halogenated alkanes) is 1. The van der Waals surface area contributed by atoms with Gasteiger partial charge in [0.1, 0.15) is 5.69 Å². The van der Waals surface area contributed by atoms with E-state index >= 15 is 0 Å². The summed E-state index contributed by atoms with van der Waals surface area (Å²) in [6.45, 7) is 6.60. The van der Waals surface area contributed by atoms with Crippen LogP contribution >= 0.6 is 11.7 Å². The lowest BCUT2D eigenvalue weighted by Crippen LogP contribution is -2.34. The molecule has 0 saturated carbocycles. The van der Waals surface area contributed by atoms with E-state index in [9.17, 15) is 0 Å². The van der Waals surface area contributed by atoms with E-state index in [1.165, 1.54) is 11.7 Å². The molecule has 0 radical (unpaired) electrons. The molecule has 2 heterocycles. The smallest absolute Gasteiger partial charge is 0.251 e. The SMILES string of the molecule is C=CCCCOc1nsnc1C1C=CCC(C)N1C. The Kier molecular flexibility index (Phi) is 5.10. The number of hydrogen-bond donors (Lipinski definition) is 0. The Balaban J connectivity index is 2.04. The van der Waals surface area contributed by atoms with Gasteiger partial charge in [-0.15, -0.1) is 11.0 Å². The molecule has 0 aromatic carbocycles. The zero-order valence-corrected chi connectivity index (χ0v) is 12.4. The first-order valence-electron chi connectivity index (χ1n) is 6.68. The van der Waals surface area contributed by atoms with Gasteiger partial charge >= 0.3 is 0 Å². The topological polar surface area (TPSA) is 38.3 Å². The van der Waals surface area contributed by atoms with Crippen LogP contribution in [0.1, 0.15) is 37.9 Å². The van der Waals surface area contributed by atoms with Crippen LogP contribution in [-0.4, -0.2) is 33.3 Å². The lowest BCUT2D eigenvalue weighted by molar-refractivity contribution is 0.196. The van der Waals surface area contributed by atoms with Gasteiger partial charge in [0.15, 0.2) is 0 Å². The molecule has 4 nitrogen and oxygen atoms in total. The Morgan fingerprint density at radius 1 is 1.58 bits per heavy atom. The van der Waals surface area contributed by atoms with E-state index < -0.39 is 0 Å². The second kappa shape index (κ2) is 6.82. The molecular formula is C14H21N3OS. The number of hydrogen-bond acceptors (Lipinski definition) is 5. The van der Waals surface area contributed by atoms with Gasteiger partial charge in [-0.2, -0.15) is 4.37 Å². The summed E-state index contributed by atoms with van der Waals surface area (Å²) in [5, 5.41) is 0. The Morgan fingerprint density at radius 3 is 3.21 bits per heavy atom. The minimum absolute atomic E-state index is 0.178. The minimum atomic E-state index is 0.178. The molecule has 2 atom stereocenters. The van der Waals surface area contributed by atoms with Crippen LogP contribution in [0.25, 0.3) is 0 Å². The third kappa shape index (κ3) is 3.42. The molecule has 0 bridgehead atoms. The summed E-state index contributed by atoms with van der Waals surface area (Å²) in [7, 11) is 2.12. The number of nitrogens with zero attached hydrogens (tertiary/aromatic N) is 3. The van der Waals surface area contributed by atoms with E-state index in [1.54, 1.807) is 0 Å². The van der Waals surface area contributed by atoms with Crippen molar-refractivity contribution >= 4 is 11.7 Å². The van der Waals surface area contributed by atoms with Gasteiger partial charge in [0.2, 0.25) is 0 Å². The van der Waals surface area contributed by atoms with Crippen molar-refractivity contribution in [3.05, 3.63) is 30.5 Å². The highest BCUT2D eigenvalue weighted by Crippen LogP contribution is 2.32. The minimum Gasteiger partial charge on any atom is -0.476 e. The van der Waals surface area contributed by atoms with E-state index in [4.69, 9.17) is 4.74 Å². The van der Waals surface area contributed by atoms with Crippen molar-refractivity contribution in [2.45, 2.75) is 38.3 Å². The molecule has 2 rings (SSSR count). The molecule has 0 spiro atoms. The number of ether oxygens (including phenoxy) is 1. The largest absolute Gasteiger partial charge is 0.476 e. The van der Waals surface area contributed by atoms with Crippen molar-refractivity contribution in [3.63, 3.8) is 0 Å². The van der Waals surface area contributed by atoms with E-state index in [0.717, 1.165) is 25.0 Å². The zero-order chi connectivity index (χ0) is 13.7. The molecule has 0 amide bonds. The van der Waals surface area contributed by atoms with Crippen molar-refractivity contribution in [2.75, 3.05) is 13.7 Å². The van der Waals surface area contributed by atoms with Gasteiger partial charge < -0.3 is 4.74 Å². The van der Waals surface area contributed by atoms with Crippen LogP contribution in [0.5, 0.6) is 5.88 Å². The van der Waals surface area contributed by atoms with Crippen molar-refractivity contribution in [2.24, 2.45) is 0 Å². The Morgan fingerprint density at radius 2 is 2.42 bits per heavy atom. The molecule has 1 aliphatic rings. The lowest BCUT2D eigenvalue weighted by Gasteiger charge is -2.33. The molecule has 0 fully saturated rings. The maximum Gasteiger partial charge on any atom is 0.251 e. The van der Waals surface area contributed by atoms with E-state index in [0.29, 0.717) is 18.5 Å². The molecule has 2 unspecified atom stereocenters. The fourth-order valence-electron chi connectivity index (χ4n) is 2.13. The van der Waals surface area contributed by atoms with Gasteiger partial charge in [0.05, 0.1) is 24.4 Å². The standard InChI is InChI=1S/C14H21N3OS/c1-4-5-6-10-18-14-13(15-19-16-14)12-9-7-8-11(2)17(12)3/h4,7,9,11-12H,1,5-6,8,10H2,2-3H3. The zero-order valence-electron chi connectivity index (χ0n) is 11.6. The highest BCUT2D eigenvalue weighted by atomic mass is 32.1. The van der Waals surface area contributed by atoms with E-state index in [2.05, 4.69) is 46.3 Å². The molecule has 0 N–H and O–H groups in total. The summed E-state index contributed by atoms with van der Waals surface area (Å²) < 4.78 is 14.4. The van der Waals surface area contributed by atoms with Gasteiger partial charge in [-0.1, -0.05) is 18.2 Å². The normalized spacial score (nSPS) is 23.5. The Bertz CT molecular complexity index is 444. The maximum atomic E-state index is 5.74. The van der Waals surface area contributed by atoms with Crippen molar-refractivity contribution in [1.82, 2.24) is 13.6 Å². The Hall–Kier alpha value is -1.20. The molecular weight excluding hydrogens is 258 g/mol. The van der Waals surface area contributed by atoms with Gasteiger partial charge in [0.25, 0.3) is 5.88 Å². The fourth-order valence-corrected chi connectivity index (χ4v) is 2.66. The van der Waals surface area contributed by atoms with E-state index in [1.807, 2.05) is 6.08 Å². The van der Waals surface area contributed by atoms with Gasteiger partial charge in [-0.05, 0) is 33.2 Å². The quantitative estimate of drug-likeness (QED) is 0.592. The summed E-state index contributed by atoms with van der Waals surface area (Å²) in [6.07, 6.45) is 9.33. The summed E-state index contributed by atoms with van der Waals surface area (Å²) >= 11 is 1.22. The molecule has 0 aliphatic carbocycles. The van der Waals surface area contributed by atoms with Crippen LogP contribution in [0.15, 0.2) is 24.8 Å². The highest BCUT2D eigenvalue weighted by Gasteiger charge is 2.27. The molecule has 1 aromatic rings. The van der Waals surface area contributed by atoms with E-state index in [-0.39, 0.29) is 6.04 Å². The molecule has 19 heavy (non-hydrogen) atoms. The summed E-state index contributed by atoms with van der Waals surface area (Å²) in [5.74, 6) is 0.685. The maximum absolute atomic E-state index is 5.74. The predicted octanol–water partition coefficient (Wildman–Crippen LogP) is 3.20. The molecule has 104 valence electrons. The average molecular weight is 279 g/mol. The van der Waals surface area contributed by atoms with Crippen LogP contribution in [0.2, 0.25) is 0 Å². The van der Waals surface area contributed by atoms with Crippen LogP contribution in [-0.2, 0) is 0 Å². The highest BCUT2D eigenvalue weighted by molar-refractivity contribution is 6.99. The van der Waals surface area contributed by atoms with Gasteiger partial charge in [0, 0.05) is 6.04 Å². The van der Waals surface area contributed by atoms with Crippen LogP contribution in [0.4, 0.5) is 0 Å². The van der Waals surface area contributed by atoms with Gasteiger partial charge in [-0.25, -0.2) is 0 Å². The van der Waals surface area contributed by atoms with Crippen molar-refractivity contribution < 1.29 is 4.74 Å². The van der Waals surface area contributed by atoms with Gasteiger partial charge in [-0.3, -0.25) is 4.90 Å². The fraction of sp³-hybridized carbons (Fsp3) is 0.571. The molecule has 5 heteroatoms. The first kappa shape index (κ1) is 14.2. The van der Waals surface area contributed by atoms with Crippen LogP contribution in [0.3, 0.4) is 0 Å². The summed E-state index contributed by atoms with van der Waals surface area (Å²) in [6, 6.07) is 0.697. The second-order valence-electron chi connectivity index (χ2n) is 4.86. The second-order valence-corrected chi connectivity index (χ2v) is 5.39. The monoisotopic (exact) mass is 279 g/mol. The number of aromatic nitrogens is 2. The Labute approximate surface area is 119 Å².